The van der Waals surface area contributed by atoms with E-state index in [1.54, 1.807) is 19.2 Å². The Bertz CT molecular complexity index is 1110. The van der Waals surface area contributed by atoms with Crippen molar-refractivity contribution in [1.29, 1.82) is 0 Å². The fourth-order valence-electron chi connectivity index (χ4n) is 4.60. The first-order valence-corrected chi connectivity index (χ1v) is 12.0. The molecule has 0 spiro atoms. The van der Waals surface area contributed by atoms with E-state index in [9.17, 15) is 4.39 Å². The van der Waals surface area contributed by atoms with Gasteiger partial charge < -0.3 is 14.4 Å². The van der Waals surface area contributed by atoms with Crippen molar-refractivity contribution in [3.63, 3.8) is 0 Å². The summed E-state index contributed by atoms with van der Waals surface area (Å²) in [7, 11) is 1.68. The number of anilines is 1. The lowest BCUT2D eigenvalue weighted by atomic mass is 9.99. The van der Waals surface area contributed by atoms with Crippen LogP contribution in [0.25, 0.3) is 0 Å². The minimum Gasteiger partial charge on any atom is -0.497 e. The second-order valence-electron chi connectivity index (χ2n) is 9.29. The van der Waals surface area contributed by atoms with Crippen LogP contribution in [0.1, 0.15) is 36.6 Å². The third kappa shape index (κ3) is 5.14. The van der Waals surface area contributed by atoms with Gasteiger partial charge in [-0.15, -0.1) is 0 Å². The fraction of sp³-hybridized carbons (Fsp3) is 0.407. The molecular weight excluding hydrogens is 431 g/mol. The van der Waals surface area contributed by atoms with Crippen molar-refractivity contribution >= 4 is 5.95 Å². The van der Waals surface area contributed by atoms with E-state index in [1.165, 1.54) is 17.7 Å². The molecule has 0 unspecified atom stereocenters. The Balaban J connectivity index is 1.41. The van der Waals surface area contributed by atoms with Crippen LogP contribution in [0, 0.1) is 11.7 Å². The van der Waals surface area contributed by atoms with Crippen molar-refractivity contribution in [3.8, 4) is 17.4 Å². The van der Waals surface area contributed by atoms with Gasteiger partial charge in [0.2, 0.25) is 11.8 Å². The fourth-order valence-corrected chi connectivity index (χ4v) is 4.60. The van der Waals surface area contributed by atoms with E-state index in [-0.39, 0.29) is 5.82 Å². The zero-order chi connectivity index (χ0) is 23.5. The van der Waals surface area contributed by atoms with Crippen molar-refractivity contribution in [2.75, 3.05) is 31.6 Å². The zero-order valence-corrected chi connectivity index (χ0v) is 19.8. The normalized spacial score (nSPS) is 16.9. The predicted molar refractivity (Wildman–Crippen MR) is 130 cm³/mol. The van der Waals surface area contributed by atoms with Gasteiger partial charge in [-0.2, -0.15) is 4.98 Å². The van der Waals surface area contributed by atoms with Gasteiger partial charge >= 0.3 is 0 Å². The van der Waals surface area contributed by atoms with Crippen LogP contribution in [0.15, 0.2) is 48.5 Å². The third-order valence-corrected chi connectivity index (χ3v) is 6.75. The maximum absolute atomic E-state index is 13.4. The average molecular weight is 463 g/mol. The molecule has 0 aliphatic carbocycles. The van der Waals surface area contributed by atoms with Crippen molar-refractivity contribution in [2.45, 2.75) is 39.3 Å². The maximum atomic E-state index is 13.4. The van der Waals surface area contributed by atoms with E-state index in [0.717, 1.165) is 74.3 Å². The van der Waals surface area contributed by atoms with Gasteiger partial charge in [-0.25, -0.2) is 9.37 Å². The second kappa shape index (κ2) is 9.97. The van der Waals surface area contributed by atoms with Crippen molar-refractivity contribution in [1.82, 2.24) is 14.9 Å². The number of aromatic nitrogens is 2. The molecule has 5 rings (SSSR count). The van der Waals surface area contributed by atoms with Crippen LogP contribution >= 0.6 is 0 Å². The summed E-state index contributed by atoms with van der Waals surface area (Å²) in [4.78, 5) is 14.5. The first-order valence-electron chi connectivity index (χ1n) is 12.0. The Morgan fingerprint density at radius 1 is 0.941 bits per heavy atom. The third-order valence-electron chi connectivity index (χ3n) is 6.75. The summed E-state index contributed by atoms with van der Waals surface area (Å²) in [6.07, 6.45) is 3.12. The van der Waals surface area contributed by atoms with Gasteiger partial charge in [0.15, 0.2) is 0 Å². The molecule has 34 heavy (non-hydrogen) atoms. The maximum Gasteiger partial charge on any atom is 0.228 e. The molecule has 1 fully saturated rings. The van der Waals surface area contributed by atoms with Gasteiger partial charge in [0.05, 0.1) is 18.4 Å². The Labute approximate surface area is 200 Å². The Morgan fingerprint density at radius 2 is 1.65 bits per heavy atom. The Hall–Kier alpha value is -3.19. The van der Waals surface area contributed by atoms with Crippen LogP contribution in [0.3, 0.4) is 0 Å². The van der Waals surface area contributed by atoms with E-state index in [0.29, 0.717) is 18.2 Å². The predicted octanol–water partition coefficient (Wildman–Crippen LogP) is 5.21. The number of piperidine rings is 1. The number of ether oxygens (including phenoxy) is 2. The van der Waals surface area contributed by atoms with Crippen LogP contribution in [-0.4, -0.2) is 41.6 Å². The Kier molecular flexibility index (Phi) is 6.63. The summed E-state index contributed by atoms with van der Waals surface area (Å²) in [5.74, 6) is 3.20. The van der Waals surface area contributed by atoms with Crippen LogP contribution in [-0.2, 0) is 19.5 Å². The standard InChI is InChI=1S/C27H31FN4O2/c1-19-11-15-32(16-12-19)27-29-25-13-14-31(17-20-3-7-22(33-2)8-4-20)18-24(25)26(30-27)34-23-9-5-21(28)6-10-23/h3-10,19H,11-18H2,1-2H3. The SMILES string of the molecule is COc1ccc(CN2CCc3nc(N4CCC(C)CC4)nc(Oc4ccc(F)cc4)c3C2)cc1. The summed E-state index contributed by atoms with van der Waals surface area (Å²) in [6, 6.07) is 14.3. The van der Waals surface area contributed by atoms with E-state index in [2.05, 4.69) is 28.9 Å². The summed E-state index contributed by atoms with van der Waals surface area (Å²) in [5.41, 5.74) is 3.29. The molecule has 6 nitrogen and oxygen atoms in total. The zero-order valence-electron chi connectivity index (χ0n) is 19.8. The highest BCUT2D eigenvalue weighted by Gasteiger charge is 2.27. The van der Waals surface area contributed by atoms with Crippen molar-refractivity contribution < 1.29 is 13.9 Å². The average Bonchev–Trinajstić information content (AvgIpc) is 2.86. The minimum atomic E-state index is -0.286. The quantitative estimate of drug-likeness (QED) is 0.501. The first-order chi connectivity index (χ1) is 16.6. The molecule has 2 aromatic carbocycles. The smallest absolute Gasteiger partial charge is 0.228 e. The number of nitrogens with zero attached hydrogens (tertiary/aromatic N) is 4. The van der Waals surface area contributed by atoms with E-state index < -0.39 is 0 Å². The van der Waals surface area contributed by atoms with Gasteiger partial charge in [0.25, 0.3) is 0 Å². The summed E-state index contributed by atoms with van der Waals surface area (Å²) in [6.45, 7) is 6.66. The molecule has 0 N–H and O–H groups in total. The van der Waals surface area contributed by atoms with Crippen molar-refractivity contribution in [3.05, 3.63) is 71.2 Å². The second-order valence-corrected chi connectivity index (χ2v) is 9.29. The number of methoxy groups -OCH3 is 1. The Morgan fingerprint density at radius 3 is 2.35 bits per heavy atom. The molecule has 3 aromatic rings. The highest BCUT2D eigenvalue weighted by Crippen LogP contribution is 2.33. The van der Waals surface area contributed by atoms with E-state index >= 15 is 0 Å². The number of halogens is 1. The summed E-state index contributed by atoms with van der Waals surface area (Å²) < 4.78 is 24.9. The number of benzene rings is 2. The lowest BCUT2D eigenvalue weighted by molar-refractivity contribution is 0.238. The number of rotatable bonds is 6. The van der Waals surface area contributed by atoms with Crippen LogP contribution in [0.5, 0.6) is 17.4 Å². The van der Waals surface area contributed by atoms with E-state index in [1.807, 2.05) is 12.1 Å². The van der Waals surface area contributed by atoms with Gasteiger partial charge in [-0.3, -0.25) is 4.90 Å². The van der Waals surface area contributed by atoms with Crippen molar-refractivity contribution in [2.24, 2.45) is 5.92 Å². The molecule has 2 aliphatic rings. The molecule has 1 aromatic heterocycles. The molecule has 1 saturated heterocycles. The molecule has 2 aliphatic heterocycles. The summed E-state index contributed by atoms with van der Waals surface area (Å²) >= 11 is 0. The number of hydrogen-bond donors (Lipinski definition) is 0. The largest absolute Gasteiger partial charge is 0.497 e. The van der Waals surface area contributed by atoms with Gasteiger partial charge in [0.1, 0.15) is 17.3 Å². The molecule has 0 atom stereocenters. The monoisotopic (exact) mass is 462 g/mol. The van der Waals surface area contributed by atoms with Crippen LogP contribution in [0.4, 0.5) is 10.3 Å². The summed E-state index contributed by atoms with van der Waals surface area (Å²) in [5, 5.41) is 0. The topological polar surface area (TPSA) is 50.7 Å². The lowest BCUT2D eigenvalue weighted by Crippen LogP contribution is -2.36. The number of hydrogen-bond acceptors (Lipinski definition) is 6. The minimum absolute atomic E-state index is 0.286. The molecule has 178 valence electrons. The number of fused-ring (bicyclic) bond motifs is 1. The molecule has 3 heterocycles. The van der Waals surface area contributed by atoms with Gasteiger partial charge in [-0.1, -0.05) is 19.1 Å². The van der Waals surface area contributed by atoms with E-state index in [4.69, 9.17) is 19.4 Å². The molecule has 0 radical (unpaired) electrons. The molecule has 0 bridgehead atoms. The van der Waals surface area contributed by atoms with Gasteiger partial charge in [0, 0.05) is 39.1 Å². The highest BCUT2D eigenvalue weighted by atomic mass is 19.1. The first kappa shape index (κ1) is 22.6. The molecular formula is C27H31FN4O2. The molecule has 0 saturated carbocycles. The highest BCUT2D eigenvalue weighted by molar-refractivity contribution is 5.44. The molecule has 0 amide bonds. The lowest BCUT2D eigenvalue weighted by Gasteiger charge is -2.33. The van der Waals surface area contributed by atoms with Crippen LogP contribution < -0.4 is 14.4 Å². The van der Waals surface area contributed by atoms with Crippen LogP contribution in [0.2, 0.25) is 0 Å². The molecule has 7 heteroatoms. The van der Waals surface area contributed by atoms with Gasteiger partial charge in [-0.05, 0) is 60.7 Å².